The van der Waals surface area contributed by atoms with Crippen molar-refractivity contribution < 1.29 is 19.1 Å². The van der Waals surface area contributed by atoms with Crippen molar-refractivity contribution in [2.45, 2.75) is 52.0 Å². The number of carbonyl (C=O) groups excluding carboxylic acids is 2. The second kappa shape index (κ2) is 7.95. The summed E-state index contributed by atoms with van der Waals surface area (Å²) in [6.07, 6.45) is 4.88. The van der Waals surface area contributed by atoms with Crippen LogP contribution >= 0.6 is 0 Å². The Kier molecular flexibility index (Phi) is 6.54. The first-order chi connectivity index (χ1) is 8.69. The van der Waals surface area contributed by atoms with Gasteiger partial charge in [-0.05, 0) is 26.7 Å². The molecule has 0 aromatic rings. The molecule has 0 heterocycles. The number of nitrogens with zero attached hydrogens (tertiary/aromatic N) is 1. The highest BCUT2D eigenvalue weighted by atomic mass is 16.6. The average molecular weight is 257 g/mol. The average Bonchev–Trinajstić information content (AvgIpc) is 2.37. The highest BCUT2D eigenvalue weighted by molar-refractivity contribution is 5.78. The summed E-state index contributed by atoms with van der Waals surface area (Å²) in [5, 5.41) is 0. The van der Waals surface area contributed by atoms with Gasteiger partial charge in [0.1, 0.15) is 6.54 Å². The number of amides is 1. The molecule has 104 valence electrons. The molecule has 0 unspecified atom stereocenters. The highest BCUT2D eigenvalue weighted by Crippen LogP contribution is 2.23. The fourth-order valence-corrected chi connectivity index (χ4v) is 2.29. The van der Waals surface area contributed by atoms with Crippen LogP contribution in [0.3, 0.4) is 0 Å². The summed E-state index contributed by atoms with van der Waals surface area (Å²) >= 11 is 0. The van der Waals surface area contributed by atoms with Crippen LogP contribution in [-0.4, -0.2) is 42.8 Å². The molecule has 0 spiro atoms. The van der Waals surface area contributed by atoms with Crippen LogP contribution in [0.5, 0.6) is 0 Å². The molecule has 18 heavy (non-hydrogen) atoms. The zero-order valence-corrected chi connectivity index (χ0v) is 11.3. The number of esters is 1. The number of hydrogen-bond acceptors (Lipinski definition) is 4. The maximum absolute atomic E-state index is 11.9. The molecule has 5 heteroatoms. The summed E-state index contributed by atoms with van der Waals surface area (Å²) in [5.41, 5.74) is 0. The van der Waals surface area contributed by atoms with E-state index in [2.05, 4.69) is 0 Å². The monoisotopic (exact) mass is 257 g/mol. The van der Waals surface area contributed by atoms with Crippen LogP contribution in [-0.2, 0) is 14.3 Å². The predicted molar refractivity (Wildman–Crippen MR) is 67.2 cm³/mol. The summed E-state index contributed by atoms with van der Waals surface area (Å²) in [5.74, 6) is -0.365. The Morgan fingerprint density at radius 3 is 2.22 bits per heavy atom. The molecule has 0 N–H and O–H groups in total. The zero-order valence-electron chi connectivity index (χ0n) is 11.3. The molecular formula is C13H23NO4. The third-order valence-corrected chi connectivity index (χ3v) is 3.12. The van der Waals surface area contributed by atoms with Crippen LogP contribution in [0.25, 0.3) is 0 Å². The van der Waals surface area contributed by atoms with Gasteiger partial charge < -0.3 is 9.47 Å². The zero-order chi connectivity index (χ0) is 13.4. The lowest BCUT2D eigenvalue weighted by Crippen LogP contribution is -2.45. The van der Waals surface area contributed by atoms with E-state index in [9.17, 15) is 9.59 Å². The lowest BCUT2D eigenvalue weighted by atomic mass is 9.94. The Hall–Kier alpha value is -1.26. The lowest BCUT2D eigenvalue weighted by molar-refractivity contribution is -0.144. The molecule has 1 saturated carbocycles. The minimum atomic E-state index is -0.405. The number of rotatable bonds is 5. The summed E-state index contributed by atoms with van der Waals surface area (Å²) in [7, 11) is 0. The second-order valence-corrected chi connectivity index (χ2v) is 4.42. The first-order valence-electron chi connectivity index (χ1n) is 6.78. The maximum atomic E-state index is 11.9. The molecule has 1 aliphatic rings. The predicted octanol–water partition coefficient (Wildman–Crippen LogP) is 2.34. The van der Waals surface area contributed by atoms with Gasteiger partial charge in [0.15, 0.2) is 0 Å². The van der Waals surface area contributed by atoms with Crippen molar-refractivity contribution in [1.29, 1.82) is 0 Å². The van der Waals surface area contributed by atoms with Crippen LogP contribution < -0.4 is 0 Å². The van der Waals surface area contributed by atoms with Crippen molar-refractivity contribution in [2.75, 3.05) is 19.8 Å². The summed E-state index contributed by atoms with van der Waals surface area (Å²) in [4.78, 5) is 24.9. The fourth-order valence-electron chi connectivity index (χ4n) is 2.29. The largest absolute Gasteiger partial charge is 0.465 e. The summed E-state index contributed by atoms with van der Waals surface area (Å²) in [6, 6.07) is 0.113. The van der Waals surface area contributed by atoms with Gasteiger partial charge in [-0.3, -0.25) is 9.69 Å². The van der Waals surface area contributed by atoms with Crippen LogP contribution in [0.1, 0.15) is 46.0 Å². The van der Waals surface area contributed by atoms with Crippen LogP contribution in [0.15, 0.2) is 0 Å². The van der Waals surface area contributed by atoms with Crippen molar-refractivity contribution in [1.82, 2.24) is 4.90 Å². The van der Waals surface area contributed by atoms with Gasteiger partial charge in [0.25, 0.3) is 0 Å². The van der Waals surface area contributed by atoms with E-state index in [1.54, 1.807) is 13.8 Å². The van der Waals surface area contributed by atoms with Gasteiger partial charge in [-0.2, -0.15) is 0 Å². The van der Waals surface area contributed by atoms with E-state index in [0.29, 0.717) is 13.2 Å². The Bertz CT molecular complexity index is 274. The Morgan fingerprint density at radius 2 is 1.67 bits per heavy atom. The molecule has 1 aliphatic carbocycles. The molecule has 0 saturated heterocycles. The van der Waals surface area contributed by atoms with E-state index in [1.807, 2.05) is 0 Å². The van der Waals surface area contributed by atoms with Crippen molar-refractivity contribution in [3.63, 3.8) is 0 Å². The third kappa shape index (κ3) is 4.55. The van der Waals surface area contributed by atoms with Crippen molar-refractivity contribution in [2.24, 2.45) is 0 Å². The van der Waals surface area contributed by atoms with Crippen LogP contribution in [0, 0.1) is 0 Å². The molecule has 0 bridgehead atoms. The molecule has 1 fully saturated rings. The van der Waals surface area contributed by atoms with Crippen molar-refractivity contribution in [3.05, 3.63) is 0 Å². The Labute approximate surface area is 108 Å². The second-order valence-electron chi connectivity index (χ2n) is 4.42. The van der Waals surface area contributed by atoms with Crippen molar-refractivity contribution >= 4 is 12.1 Å². The van der Waals surface area contributed by atoms with Gasteiger partial charge in [-0.15, -0.1) is 0 Å². The SMILES string of the molecule is CCOC(=O)CN(C(=O)OCC)C1CCCCC1. The van der Waals surface area contributed by atoms with Gasteiger partial charge >= 0.3 is 12.1 Å². The van der Waals surface area contributed by atoms with E-state index < -0.39 is 6.09 Å². The molecule has 0 aromatic heterocycles. The van der Waals surface area contributed by atoms with E-state index in [0.717, 1.165) is 25.7 Å². The quantitative estimate of drug-likeness (QED) is 0.709. The normalized spacial score (nSPS) is 16.1. The van der Waals surface area contributed by atoms with Gasteiger partial charge in [-0.25, -0.2) is 4.79 Å². The summed E-state index contributed by atoms with van der Waals surface area (Å²) in [6.45, 7) is 4.18. The minimum Gasteiger partial charge on any atom is -0.465 e. The van der Waals surface area contributed by atoms with E-state index >= 15 is 0 Å². The molecule has 0 aromatic carbocycles. The van der Waals surface area contributed by atoms with E-state index in [1.165, 1.54) is 11.3 Å². The van der Waals surface area contributed by atoms with Gasteiger partial charge in [-0.1, -0.05) is 19.3 Å². The number of ether oxygens (including phenoxy) is 2. The van der Waals surface area contributed by atoms with Crippen LogP contribution in [0.4, 0.5) is 4.79 Å². The molecular weight excluding hydrogens is 234 g/mol. The Morgan fingerprint density at radius 1 is 1.06 bits per heavy atom. The fraction of sp³-hybridized carbons (Fsp3) is 0.846. The lowest BCUT2D eigenvalue weighted by Gasteiger charge is -2.32. The molecule has 0 aliphatic heterocycles. The van der Waals surface area contributed by atoms with Gasteiger partial charge in [0.2, 0.25) is 0 Å². The number of hydrogen-bond donors (Lipinski definition) is 0. The topological polar surface area (TPSA) is 55.8 Å². The maximum Gasteiger partial charge on any atom is 0.410 e. The number of carbonyl (C=O) groups is 2. The first-order valence-corrected chi connectivity index (χ1v) is 6.78. The first kappa shape index (κ1) is 14.8. The smallest absolute Gasteiger partial charge is 0.410 e. The van der Waals surface area contributed by atoms with Crippen LogP contribution in [0.2, 0.25) is 0 Å². The standard InChI is InChI=1S/C13H23NO4/c1-3-17-12(15)10-14(13(16)18-4-2)11-8-6-5-7-9-11/h11H,3-10H2,1-2H3. The Balaban J connectivity index is 2.61. The van der Waals surface area contributed by atoms with Gasteiger partial charge in [0, 0.05) is 6.04 Å². The van der Waals surface area contributed by atoms with E-state index in [-0.39, 0.29) is 18.6 Å². The molecule has 1 amide bonds. The summed E-state index contributed by atoms with van der Waals surface area (Å²) < 4.78 is 9.92. The third-order valence-electron chi connectivity index (χ3n) is 3.12. The van der Waals surface area contributed by atoms with Crippen molar-refractivity contribution in [3.8, 4) is 0 Å². The molecule has 5 nitrogen and oxygen atoms in total. The molecule has 1 rings (SSSR count). The van der Waals surface area contributed by atoms with Gasteiger partial charge in [0.05, 0.1) is 13.2 Å². The molecule has 0 atom stereocenters. The van der Waals surface area contributed by atoms with E-state index in [4.69, 9.17) is 9.47 Å². The highest BCUT2D eigenvalue weighted by Gasteiger charge is 2.28. The minimum absolute atomic E-state index is 0.00264. The molecule has 0 radical (unpaired) electrons.